The first-order chi connectivity index (χ1) is 12.4. The Morgan fingerprint density at radius 3 is 2.19 bits per heavy atom. The Kier molecular flexibility index (Phi) is 4.81. The lowest BCUT2D eigenvalue weighted by Crippen LogP contribution is -2.51. The number of esters is 1. The molecule has 2 aromatic rings. The number of halogens is 1. The van der Waals surface area contributed by atoms with E-state index < -0.39 is 23.8 Å². The van der Waals surface area contributed by atoms with Gasteiger partial charge in [-0.05, 0) is 36.4 Å². The van der Waals surface area contributed by atoms with E-state index in [-0.39, 0.29) is 16.9 Å². The van der Waals surface area contributed by atoms with E-state index in [9.17, 15) is 19.2 Å². The Hall–Kier alpha value is -3.45. The van der Waals surface area contributed by atoms with Crippen LogP contribution in [0.2, 0.25) is 5.02 Å². The number of carbonyl (C=O) groups is 4. The maximum Gasteiger partial charge on any atom is 0.343 e. The highest BCUT2D eigenvalue weighted by Crippen LogP contribution is 2.23. The Balaban J connectivity index is 1.89. The van der Waals surface area contributed by atoms with Crippen LogP contribution in [0.15, 0.2) is 54.1 Å². The summed E-state index contributed by atoms with van der Waals surface area (Å²) in [5.41, 5.74) is 0.333. The monoisotopic (exact) mass is 370 g/mol. The standard InChI is InChI=1S/C18H11ClN2O5/c19-12-7-5-10(6-8-12)17(24)26-14-4-2-1-3-11(14)9-13-15(22)20-18(25)21-16(13)23/h1-9H,(H2,20,21,22,23,25). The van der Waals surface area contributed by atoms with Crippen LogP contribution in [0.1, 0.15) is 15.9 Å². The third kappa shape index (κ3) is 3.79. The molecule has 1 fully saturated rings. The molecule has 0 bridgehead atoms. The number of benzene rings is 2. The van der Waals surface area contributed by atoms with Gasteiger partial charge in [0.25, 0.3) is 11.8 Å². The van der Waals surface area contributed by atoms with Crippen molar-refractivity contribution in [3.05, 3.63) is 70.3 Å². The van der Waals surface area contributed by atoms with Gasteiger partial charge in [0.15, 0.2) is 0 Å². The summed E-state index contributed by atoms with van der Waals surface area (Å²) in [4.78, 5) is 47.0. The van der Waals surface area contributed by atoms with Crippen molar-refractivity contribution in [3.8, 4) is 5.75 Å². The van der Waals surface area contributed by atoms with Gasteiger partial charge in [-0.2, -0.15) is 0 Å². The molecule has 1 aliphatic heterocycles. The summed E-state index contributed by atoms with van der Waals surface area (Å²) in [6, 6.07) is 11.6. The van der Waals surface area contributed by atoms with Gasteiger partial charge in [-0.15, -0.1) is 0 Å². The predicted octanol–water partition coefficient (Wildman–Crippen LogP) is 2.31. The van der Waals surface area contributed by atoms with Crippen LogP contribution in [-0.2, 0) is 9.59 Å². The van der Waals surface area contributed by atoms with E-state index in [4.69, 9.17) is 16.3 Å². The second-order valence-electron chi connectivity index (χ2n) is 5.23. The Bertz CT molecular complexity index is 928. The topological polar surface area (TPSA) is 102 Å². The zero-order valence-electron chi connectivity index (χ0n) is 13.1. The van der Waals surface area contributed by atoms with Gasteiger partial charge in [0.05, 0.1) is 5.56 Å². The second-order valence-corrected chi connectivity index (χ2v) is 5.67. The molecule has 3 rings (SSSR count). The first kappa shape index (κ1) is 17.4. The van der Waals surface area contributed by atoms with Gasteiger partial charge < -0.3 is 4.74 Å². The van der Waals surface area contributed by atoms with Crippen LogP contribution in [0.3, 0.4) is 0 Å². The molecule has 7 nitrogen and oxygen atoms in total. The zero-order chi connectivity index (χ0) is 18.7. The van der Waals surface area contributed by atoms with Crippen molar-refractivity contribution in [2.75, 3.05) is 0 Å². The van der Waals surface area contributed by atoms with Crippen molar-refractivity contribution < 1.29 is 23.9 Å². The minimum absolute atomic E-state index is 0.150. The minimum atomic E-state index is -0.889. The largest absolute Gasteiger partial charge is 0.422 e. The lowest BCUT2D eigenvalue weighted by molar-refractivity contribution is -0.123. The van der Waals surface area contributed by atoms with Crippen molar-refractivity contribution in [2.24, 2.45) is 0 Å². The highest BCUT2D eigenvalue weighted by molar-refractivity contribution is 6.31. The van der Waals surface area contributed by atoms with Crippen LogP contribution in [0, 0.1) is 0 Å². The maximum absolute atomic E-state index is 12.3. The smallest absolute Gasteiger partial charge is 0.343 e. The Labute approximate surface area is 152 Å². The van der Waals surface area contributed by atoms with Gasteiger partial charge in [0.2, 0.25) is 0 Å². The molecule has 0 aliphatic carbocycles. The van der Waals surface area contributed by atoms with E-state index in [0.717, 1.165) is 0 Å². The molecule has 8 heteroatoms. The average molecular weight is 371 g/mol. The summed E-state index contributed by atoms with van der Waals surface area (Å²) < 4.78 is 5.35. The summed E-state index contributed by atoms with van der Waals surface area (Å²) in [6.07, 6.45) is 1.24. The van der Waals surface area contributed by atoms with E-state index in [0.29, 0.717) is 10.6 Å². The molecule has 0 saturated carbocycles. The number of imide groups is 2. The van der Waals surface area contributed by atoms with E-state index in [1.54, 1.807) is 30.3 Å². The number of hydrogen-bond acceptors (Lipinski definition) is 5. The lowest BCUT2D eigenvalue weighted by Gasteiger charge is -2.14. The summed E-state index contributed by atoms with van der Waals surface area (Å²) >= 11 is 5.79. The van der Waals surface area contributed by atoms with Crippen molar-refractivity contribution in [1.29, 1.82) is 0 Å². The van der Waals surface area contributed by atoms with Gasteiger partial charge in [-0.3, -0.25) is 20.2 Å². The van der Waals surface area contributed by atoms with Crippen molar-refractivity contribution in [1.82, 2.24) is 10.6 Å². The number of hydrogen-bond donors (Lipinski definition) is 2. The first-order valence-electron chi connectivity index (χ1n) is 7.39. The first-order valence-corrected chi connectivity index (χ1v) is 7.77. The molecule has 2 N–H and O–H groups in total. The minimum Gasteiger partial charge on any atom is -0.422 e. The quantitative estimate of drug-likeness (QED) is 0.373. The van der Waals surface area contributed by atoms with E-state index in [1.165, 1.54) is 24.3 Å². The molecular weight excluding hydrogens is 360 g/mol. The molecule has 2 aromatic carbocycles. The molecule has 4 amide bonds. The Morgan fingerprint density at radius 1 is 0.923 bits per heavy atom. The molecule has 0 aromatic heterocycles. The molecule has 130 valence electrons. The number of ether oxygens (including phenoxy) is 1. The lowest BCUT2D eigenvalue weighted by atomic mass is 10.1. The van der Waals surface area contributed by atoms with E-state index >= 15 is 0 Å². The summed E-state index contributed by atoms with van der Waals surface area (Å²) in [5, 5.41) is 4.43. The fourth-order valence-electron chi connectivity index (χ4n) is 2.20. The fraction of sp³-hybridized carbons (Fsp3) is 0. The summed E-state index contributed by atoms with van der Waals surface area (Å²) in [7, 11) is 0. The number of rotatable bonds is 3. The molecular formula is C18H11ClN2O5. The van der Waals surface area contributed by atoms with Gasteiger partial charge in [-0.25, -0.2) is 9.59 Å². The SMILES string of the molecule is O=C1NC(=O)C(=Cc2ccccc2OC(=O)c2ccc(Cl)cc2)C(=O)N1. The van der Waals surface area contributed by atoms with Crippen LogP contribution < -0.4 is 15.4 Å². The molecule has 1 aliphatic rings. The van der Waals surface area contributed by atoms with Crippen LogP contribution in [0.25, 0.3) is 6.08 Å². The highest BCUT2D eigenvalue weighted by atomic mass is 35.5. The molecule has 1 heterocycles. The van der Waals surface area contributed by atoms with Gasteiger partial charge in [0.1, 0.15) is 11.3 Å². The Morgan fingerprint density at radius 2 is 1.54 bits per heavy atom. The highest BCUT2D eigenvalue weighted by Gasteiger charge is 2.28. The van der Waals surface area contributed by atoms with Crippen LogP contribution >= 0.6 is 11.6 Å². The average Bonchev–Trinajstić information content (AvgIpc) is 2.60. The predicted molar refractivity (Wildman–Crippen MR) is 92.5 cm³/mol. The van der Waals surface area contributed by atoms with Crippen molar-refractivity contribution in [3.63, 3.8) is 0 Å². The van der Waals surface area contributed by atoms with Crippen LogP contribution in [-0.4, -0.2) is 23.8 Å². The molecule has 0 radical (unpaired) electrons. The summed E-state index contributed by atoms with van der Waals surface area (Å²) in [5.74, 6) is -2.15. The number of para-hydroxylation sites is 1. The molecule has 0 spiro atoms. The van der Waals surface area contributed by atoms with Crippen molar-refractivity contribution >= 4 is 41.5 Å². The fourth-order valence-corrected chi connectivity index (χ4v) is 2.33. The number of nitrogens with one attached hydrogen (secondary N) is 2. The maximum atomic E-state index is 12.3. The number of barbiturate groups is 1. The molecule has 1 saturated heterocycles. The number of amides is 4. The van der Waals surface area contributed by atoms with Crippen molar-refractivity contribution in [2.45, 2.75) is 0 Å². The third-order valence-electron chi connectivity index (χ3n) is 3.44. The zero-order valence-corrected chi connectivity index (χ0v) is 13.9. The van der Waals surface area contributed by atoms with Gasteiger partial charge in [0, 0.05) is 10.6 Å². The van der Waals surface area contributed by atoms with E-state index in [1.807, 2.05) is 10.6 Å². The molecule has 0 atom stereocenters. The van der Waals surface area contributed by atoms with Crippen LogP contribution in [0.4, 0.5) is 4.79 Å². The summed E-state index contributed by atoms with van der Waals surface area (Å²) in [6.45, 7) is 0. The van der Waals surface area contributed by atoms with Crippen LogP contribution in [0.5, 0.6) is 5.75 Å². The second kappa shape index (κ2) is 7.20. The van der Waals surface area contributed by atoms with E-state index in [2.05, 4.69) is 0 Å². The number of carbonyl (C=O) groups excluding carboxylic acids is 4. The molecule has 0 unspecified atom stereocenters. The third-order valence-corrected chi connectivity index (χ3v) is 3.70. The molecule has 26 heavy (non-hydrogen) atoms. The van der Waals surface area contributed by atoms with Gasteiger partial charge >= 0.3 is 12.0 Å². The normalized spacial score (nSPS) is 13.7. The number of urea groups is 1. The van der Waals surface area contributed by atoms with Gasteiger partial charge in [-0.1, -0.05) is 29.8 Å².